The summed E-state index contributed by atoms with van der Waals surface area (Å²) >= 11 is 5.62. The van der Waals surface area contributed by atoms with E-state index in [1.165, 1.54) is 16.9 Å². The largest absolute Gasteiger partial charge is 0.273 e. The van der Waals surface area contributed by atoms with Gasteiger partial charge in [0, 0.05) is 6.07 Å². The number of fused-ring (bicyclic) bond motifs is 1. The van der Waals surface area contributed by atoms with Crippen LogP contribution in [0.3, 0.4) is 0 Å². The van der Waals surface area contributed by atoms with Crippen molar-refractivity contribution in [2.45, 2.75) is 0 Å². The zero-order valence-corrected chi connectivity index (χ0v) is 6.69. The maximum absolute atomic E-state index is 10.8. The molecule has 2 heterocycles. The fraction of sp³-hybridized carbons (Fsp3) is 0. The molecule has 0 aliphatic heterocycles. The first-order valence-electron chi connectivity index (χ1n) is 3.27. The van der Waals surface area contributed by atoms with Crippen LogP contribution in [0.2, 0.25) is 5.15 Å². The predicted molar refractivity (Wildman–Crippen MR) is 44.3 cm³/mol. The molecule has 0 aliphatic rings. The van der Waals surface area contributed by atoms with E-state index in [-0.39, 0.29) is 5.56 Å². The zero-order chi connectivity index (χ0) is 8.55. The van der Waals surface area contributed by atoms with Crippen LogP contribution in [0.25, 0.3) is 5.52 Å². The van der Waals surface area contributed by atoms with Crippen LogP contribution in [0.4, 0.5) is 0 Å². The zero-order valence-electron chi connectivity index (χ0n) is 5.94. The highest BCUT2D eigenvalue weighted by Gasteiger charge is 1.94. The average Bonchev–Trinajstić information content (AvgIpc) is 2.05. The van der Waals surface area contributed by atoms with Crippen LogP contribution in [0.1, 0.15) is 0 Å². The van der Waals surface area contributed by atoms with Crippen molar-refractivity contribution in [1.29, 1.82) is 0 Å². The Kier molecular flexibility index (Phi) is 1.55. The van der Waals surface area contributed by atoms with E-state index in [0.29, 0.717) is 10.7 Å². The second-order valence-corrected chi connectivity index (χ2v) is 2.64. The summed E-state index contributed by atoms with van der Waals surface area (Å²) in [5, 5.41) is 4.27. The van der Waals surface area contributed by atoms with Gasteiger partial charge in [0.1, 0.15) is 11.5 Å². The summed E-state index contributed by atoms with van der Waals surface area (Å²) in [5.41, 5.74) is 0.401. The van der Waals surface area contributed by atoms with Gasteiger partial charge in [-0.25, -0.2) is 4.52 Å². The second-order valence-electron chi connectivity index (χ2n) is 2.25. The van der Waals surface area contributed by atoms with Crippen molar-refractivity contribution in [3.63, 3.8) is 0 Å². The maximum atomic E-state index is 10.8. The van der Waals surface area contributed by atoms with Gasteiger partial charge in [0.05, 0.1) is 5.52 Å². The molecule has 12 heavy (non-hydrogen) atoms. The molecule has 2 aromatic rings. The summed E-state index contributed by atoms with van der Waals surface area (Å²) in [4.78, 5) is 14.3. The van der Waals surface area contributed by atoms with Gasteiger partial charge >= 0.3 is 0 Å². The van der Waals surface area contributed by atoms with Crippen LogP contribution in [-0.4, -0.2) is 14.6 Å². The Morgan fingerprint density at radius 2 is 2.25 bits per heavy atom. The Hall–Kier alpha value is -1.42. The molecular weight excluding hydrogens is 178 g/mol. The van der Waals surface area contributed by atoms with Crippen LogP contribution in [0, 0.1) is 0 Å². The molecule has 2 rings (SSSR count). The van der Waals surface area contributed by atoms with Crippen molar-refractivity contribution in [2.24, 2.45) is 0 Å². The molecule has 60 valence electrons. The van der Waals surface area contributed by atoms with Crippen molar-refractivity contribution in [3.8, 4) is 0 Å². The van der Waals surface area contributed by atoms with E-state index in [1.54, 1.807) is 12.1 Å². The van der Waals surface area contributed by atoms with E-state index in [4.69, 9.17) is 11.6 Å². The highest BCUT2D eigenvalue weighted by molar-refractivity contribution is 6.29. The van der Waals surface area contributed by atoms with Gasteiger partial charge in [-0.3, -0.25) is 4.79 Å². The first kappa shape index (κ1) is 7.24. The number of hydrogen-bond acceptors (Lipinski definition) is 3. The third-order valence-corrected chi connectivity index (χ3v) is 1.63. The molecule has 5 heteroatoms. The third-order valence-electron chi connectivity index (χ3n) is 1.43. The molecule has 0 fully saturated rings. The van der Waals surface area contributed by atoms with Crippen LogP contribution in [-0.2, 0) is 0 Å². The van der Waals surface area contributed by atoms with Crippen molar-refractivity contribution < 1.29 is 0 Å². The summed E-state index contributed by atoms with van der Waals surface area (Å²) in [6.07, 6.45) is 1.34. The standard InChI is InChI=1S/C7H4ClN3O/c8-6-2-1-5-3-7(12)9-4-11(5)10-6/h1-4H. The normalized spacial score (nSPS) is 10.4. The molecule has 0 bridgehead atoms. The minimum absolute atomic E-state index is 0.279. The lowest BCUT2D eigenvalue weighted by Crippen LogP contribution is -2.07. The lowest BCUT2D eigenvalue weighted by molar-refractivity contribution is 0.882. The summed E-state index contributed by atoms with van der Waals surface area (Å²) < 4.78 is 1.45. The Labute approximate surface area is 72.4 Å². The molecule has 0 saturated carbocycles. The maximum Gasteiger partial charge on any atom is 0.273 e. The Morgan fingerprint density at radius 3 is 3.08 bits per heavy atom. The Morgan fingerprint density at radius 1 is 1.42 bits per heavy atom. The predicted octanol–water partition coefficient (Wildman–Crippen LogP) is 0.743. The fourth-order valence-electron chi connectivity index (χ4n) is 0.907. The van der Waals surface area contributed by atoms with Crippen molar-refractivity contribution >= 4 is 17.1 Å². The molecule has 0 amide bonds. The van der Waals surface area contributed by atoms with E-state index in [9.17, 15) is 4.79 Å². The first-order valence-corrected chi connectivity index (χ1v) is 3.65. The Balaban J connectivity index is 2.87. The van der Waals surface area contributed by atoms with Gasteiger partial charge in [0.25, 0.3) is 5.56 Å². The van der Waals surface area contributed by atoms with Gasteiger partial charge in [-0.15, -0.1) is 0 Å². The second kappa shape index (κ2) is 2.57. The molecule has 0 N–H and O–H groups in total. The van der Waals surface area contributed by atoms with E-state index in [1.807, 2.05) is 0 Å². The van der Waals surface area contributed by atoms with Crippen molar-refractivity contribution in [2.75, 3.05) is 0 Å². The van der Waals surface area contributed by atoms with Crippen LogP contribution < -0.4 is 5.56 Å². The summed E-state index contributed by atoms with van der Waals surface area (Å²) in [5.74, 6) is 0. The van der Waals surface area contributed by atoms with Crippen molar-refractivity contribution in [3.05, 3.63) is 40.0 Å². The van der Waals surface area contributed by atoms with E-state index >= 15 is 0 Å². The molecule has 2 aromatic heterocycles. The van der Waals surface area contributed by atoms with Gasteiger partial charge in [-0.1, -0.05) is 11.6 Å². The molecule has 0 unspecified atom stereocenters. The van der Waals surface area contributed by atoms with Crippen molar-refractivity contribution in [1.82, 2.24) is 14.6 Å². The fourth-order valence-corrected chi connectivity index (χ4v) is 1.05. The van der Waals surface area contributed by atoms with E-state index in [0.717, 1.165) is 0 Å². The highest BCUT2D eigenvalue weighted by atomic mass is 35.5. The Bertz CT molecular complexity index is 479. The molecule has 0 spiro atoms. The number of hydrogen-bond donors (Lipinski definition) is 0. The average molecular weight is 182 g/mol. The molecular formula is C7H4ClN3O. The van der Waals surface area contributed by atoms with Gasteiger partial charge in [-0.05, 0) is 12.1 Å². The number of nitrogens with zero attached hydrogens (tertiary/aromatic N) is 3. The SMILES string of the molecule is O=c1cc2ccc(Cl)nn2cn1. The monoisotopic (exact) mass is 181 g/mol. The van der Waals surface area contributed by atoms with Gasteiger partial charge in [-0.2, -0.15) is 10.1 Å². The minimum Gasteiger partial charge on any atom is -0.267 e. The third kappa shape index (κ3) is 1.16. The summed E-state index contributed by atoms with van der Waals surface area (Å²) in [6.45, 7) is 0. The van der Waals surface area contributed by atoms with Gasteiger partial charge in [0.15, 0.2) is 0 Å². The van der Waals surface area contributed by atoms with Crippen LogP contribution in [0.5, 0.6) is 0 Å². The van der Waals surface area contributed by atoms with E-state index < -0.39 is 0 Å². The van der Waals surface area contributed by atoms with Gasteiger partial charge < -0.3 is 0 Å². The molecule has 0 aliphatic carbocycles. The topological polar surface area (TPSA) is 47.3 Å². The summed E-state index contributed by atoms with van der Waals surface area (Å²) in [6, 6.07) is 4.72. The highest BCUT2D eigenvalue weighted by Crippen LogP contribution is 2.03. The van der Waals surface area contributed by atoms with E-state index in [2.05, 4.69) is 10.1 Å². The number of rotatable bonds is 0. The quantitative estimate of drug-likeness (QED) is 0.603. The van der Waals surface area contributed by atoms with Gasteiger partial charge in [0.2, 0.25) is 0 Å². The minimum atomic E-state index is -0.279. The van der Waals surface area contributed by atoms with Crippen LogP contribution >= 0.6 is 11.6 Å². The van der Waals surface area contributed by atoms with Crippen LogP contribution in [0.15, 0.2) is 29.3 Å². The molecule has 0 aromatic carbocycles. The lowest BCUT2D eigenvalue weighted by atomic mass is 10.4. The number of aromatic nitrogens is 3. The molecule has 0 atom stereocenters. The molecule has 0 saturated heterocycles. The lowest BCUT2D eigenvalue weighted by Gasteiger charge is -1.96. The smallest absolute Gasteiger partial charge is 0.267 e. The summed E-state index contributed by atoms with van der Waals surface area (Å²) in [7, 11) is 0. The number of halogens is 1. The first-order chi connectivity index (χ1) is 5.75. The molecule has 4 nitrogen and oxygen atoms in total. The molecule has 0 radical (unpaired) electrons.